The zero-order valence-electron chi connectivity index (χ0n) is 9.38. The molecule has 0 unspecified atom stereocenters. The Morgan fingerprint density at radius 3 is 2.94 bits per heavy atom. The lowest BCUT2D eigenvalue weighted by atomic mass is 10.2. The van der Waals surface area contributed by atoms with E-state index in [1.165, 1.54) is 23.0 Å². The van der Waals surface area contributed by atoms with Crippen LogP contribution in [-0.2, 0) is 6.54 Å². The van der Waals surface area contributed by atoms with E-state index in [2.05, 4.69) is 4.98 Å². The summed E-state index contributed by atoms with van der Waals surface area (Å²) >= 11 is 5.72. The van der Waals surface area contributed by atoms with E-state index < -0.39 is 11.7 Å². The lowest BCUT2D eigenvalue weighted by molar-refractivity contribution is 0.0695. The smallest absolute Gasteiger partial charge is 0.348 e. The second-order valence-electron chi connectivity index (χ2n) is 3.67. The fraction of sp³-hybridized carbons (Fsp3) is 0.182. The number of hydrogen-bond donors (Lipinski definition) is 1. The summed E-state index contributed by atoms with van der Waals surface area (Å²) in [7, 11) is 0. The van der Waals surface area contributed by atoms with E-state index in [9.17, 15) is 9.59 Å². The zero-order valence-corrected chi connectivity index (χ0v) is 10.1. The molecular formula is C11H9ClN2O4. The average Bonchev–Trinajstić information content (AvgIpc) is 2.65. The first kappa shape index (κ1) is 12.4. The molecule has 0 amide bonds. The number of hydrogen-bond acceptors (Lipinski definition) is 4. The molecule has 0 radical (unpaired) electrons. The molecule has 0 saturated carbocycles. The van der Waals surface area contributed by atoms with Crippen molar-refractivity contribution >= 4 is 17.6 Å². The van der Waals surface area contributed by atoms with E-state index in [1.807, 2.05) is 0 Å². The first-order valence-corrected chi connectivity index (χ1v) is 5.40. The monoisotopic (exact) mass is 268 g/mol. The molecule has 0 aliphatic rings. The number of aromatic nitrogens is 2. The van der Waals surface area contributed by atoms with Crippen LogP contribution in [0.1, 0.15) is 21.9 Å². The Morgan fingerprint density at radius 1 is 1.61 bits per heavy atom. The molecule has 0 spiro atoms. The molecule has 0 aliphatic carbocycles. The van der Waals surface area contributed by atoms with Gasteiger partial charge in [0.1, 0.15) is 17.1 Å². The van der Waals surface area contributed by atoms with Crippen molar-refractivity contribution in [1.29, 1.82) is 0 Å². The standard InChI is InChI=1S/C11H9ClN2O4/c1-6-9(10(15)16)2-8(18-6)5-14-4-7(12)3-13-11(14)17/h2-4H,5H2,1H3,(H,15,16). The van der Waals surface area contributed by atoms with Gasteiger partial charge >= 0.3 is 11.7 Å². The lowest BCUT2D eigenvalue weighted by Gasteiger charge is -2.01. The summed E-state index contributed by atoms with van der Waals surface area (Å²) in [5.74, 6) is -0.421. The van der Waals surface area contributed by atoms with Crippen LogP contribution in [0, 0.1) is 6.92 Å². The maximum Gasteiger partial charge on any atom is 0.348 e. The Morgan fingerprint density at radius 2 is 2.33 bits per heavy atom. The topological polar surface area (TPSA) is 85.3 Å². The SMILES string of the molecule is Cc1oc(Cn2cc(Cl)cnc2=O)cc1C(=O)O. The third kappa shape index (κ3) is 2.43. The van der Waals surface area contributed by atoms with Crippen molar-refractivity contribution in [2.75, 3.05) is 0 Å². The molecule has 1 N–H and O–H groups in total. The zero-order chi connectivity index (χ0) is 13.3. The van der Waals surface area contributed by atoms with Gasteiger partial charge in [-0.2, -0.15) is 0 Å². The van der Waals surface area contributed by atoms with Crippen molar-refractivity contribution in [3.8, 4) is 0 Å². The van der Waals surface area contributed by atoms with Gasteiger partial charge in [0.2, 0.25) is 0 Å². The van der Waals surface area contributed by atoms with E-state index in [4.69, 9.17) is 21.1 Å². The Kier molecular flexibility index (Phi) is 3.20. The Hall–Kier alpha value is -2.08. The third-order valence-corrected chi connectivity index (χ3v) is 2.54. The number of furan rings is 1. The Labute approximate surface area is 106 Å². The quantitative estimate of drug-likeness (QED) is 0.913. The van der Waals surface area contributed by atoms with E-state index >= 15 is 0 Å². The predicted molar refractivity (Wildman–Crippen MR) is 63.0 cm³/mol. The maximum atomic E-state index is 11.4. The van der Waals surface area contributed by atoms with E-state index in [0.717, 1.165) is 0 Å². The molecular weight excluding hydrogens is 260 g/mol. The van der Waals surface area contributed by atoms with Crippen molar-refractivity contribution in [3.05, 3.63) is 51.1 Å². The van der Waals surface area contributed by atoms with Crippen LogP contribution in [-0.4, -0.2) is 20.6 Å². The van der Waals surface area contributed by atoms with E-state index in [-0.39, 0.29) is 12.1 Å². The number of aryl methyl sites for hydroxylation is 1. The number of carboxylic acids is 1. The Balaban J connectivity index is 2.34. The van der Waals surface area contributed by atoms with Gasteiger partial charge in [0, 0.05) is 6.20 Å². The lowest BCUT2D eigenvalue weighted by Crippen LogP contribution is -2.22. The highest BCUT2D eigenvalue weighted by Crippen LogP contribution is 2.15. The number of carbonyl (C=O) groups is 1. The summed E-state index contributed by atoms with van der Waals surface area (Å²) < 4.78 is 6.51. The molecule has 18 heavy (non-hydrogen) atoms. The normalized spacial score (nSPS) is 10.6. The van der Waals surface area contributed by atoms with Crippen LogP contribution < -0.4 is 5.69 Å². The van der Waals surface area contributed by atoms with Crippen molar-refractivity contribution in [2.24, 2.45) is 0 Å². The Bertz CT molecular complexity index is 659. The highest BCUT2D eigenvalue weighted by molar-refractivity contribution is 6.30. The van der Waals surface area contributed by atoms with Crippen LogP contribution in [0.4, 0.5) is 0 Å². The van der Waals surface area contributed by atoms with Crippen LogP contribution in [0.25, 0.3) is 0 Å². The number of rotatable bonds is 3. The maximum absolute atomic E-state index is 11.4. The van der Waals surface area contributed by atoms with Gasteiger partial charge in [0.25, 0.3) is 0 Å². The molecule has 2 aromatic heterocycles. The van der Waals surface area contributed by atoms with Gasteiger partial charge in [-0.05, 0) is 13.0 Å². The van der Waals surface area contributed by atoms with Gasteiger partial charge in [-0.15, -0.1) is 0 Å². The number of carboxylic acid groups (broad SMARTS) is 1. The molecule has 2 rings (SSSR count). The molecule has 0 atom stereocenters. The van der Waals surface area contributed by atoms with Gasteiger partial charge in [0.05, 0.1) is 17.8 Å². The highest BCUT2D eigenvalue weighted by Gasteiger charge is 2.14. The first-order chi connectivity index (χ1) is 8.47. The van der Waals surface area contributed by atoms with Gasteiger partial charge in [-0.1, -0.05) is 11.6 Å². The molecule has 0 aromatic carbocycles. The molecule has 2 aromatic rings. The van der Waals surface area contributed by atoms with Crippen molar-refractivity contribution in [2.45, 2.75) is 13.5 Å². The molecule has 0 saturated heterocycles. The van der Waals surface area contributed by atoms with Gasteiger partial charge < -0.3 is 9.52 Å². The van der Waals surface area contributed by atoms with Gasteiger partial charge in [0.15, 0.2) is 0 Å². The summed E-state index contributed by atoms with van der Waals surface area (Å²) in [6, 6.07) is 1.38. The minimum absolute atomic E-state index is 0.0769. The summed E-state index contributed by atoms with van der Waals surface area (Å²) in [6.07, 6.45) is 2.66. The number of nitrogens with zero attached hydrogens (tertiary/aromatic N) is 2. The summed E-state index contributed by atoms with van der Waals surface area (Å²) in [4.78, 5) is 25.8. The van der Waals surface area contributed by atoms with Gasteiger partial charge in [-0.3, -0.25) is 4.57 Å². The molecule has 0 aliphatic heterocycles. The largest absolute Gasteiger partial charge is 0.478 e. The summed E-state index contributed by atoms with van der Waals surface area (Å²) in [6.45, 7) is 1.63. The molecule has 0 fully saturated rings. The van der Waals surface area contributed by atoms with Crippen molar-refractivity contribution in [3.63, 3.8) is 0 Å². The minimum atomic E-state index is -1.07. The fourth-order valence-electron chi connectivity index (χ4n) is 1.54. The minimum Gasteiger partial charge on any atom is -0.478 e. The second-order valence-corrected chi connectivity index (χ2v) is 4.11. The molecule has 0 bridgehead atoms. The van der Waals surface area contributed by atoms with Crippen LogP contribution in [0.2, 0.25) is 5.02 Å². The molecule has 2 heterocycles. The highest BCUT2D eigenvalue weighted by atomic mass is 35.5. The average molecular weight is 269 g/mol. The van der Waals surface area contributed by atoms with Crippen LogP contribution >= 0.6 is 11.6 Å². The summed E-state index contributed by atoms with van der Waals surface area (Å²) in [5.41, 5.74) is -0.404. The molecule has 6 nitrogen and oxygen atoms in total. The van der Waals surface area contributed by atoms with Crippen LogP contribution in [0.3, 0.4) is 0 Å². The number of halogens is 1. The van der Waals surface area contributed by atoms with Crippen molar-refractivity contribution < 1.29 is 14.3 Å². The summed E-state index contributed by atoms with van der Waals surface area (Å²) in [5, 5.41) is 9.20. The first-order valence-electron chi connectivity index (χ1n) is 5.02. The molecule has 7 heteroatoms. The van der Waals surface area contributed by atoms with Crippen molar-refractivity contribution in [1.82, 2.24) is 9.55 Å². The fourth-order valence-corrected chi connectivity index (χ4v) is 1.71. The second kappa shape index (κ2) is 4.66. The predicted octanol–water partition coefficient (Wildman–Crippen LogP) is 1.54. The molecule has 94 valence electrons. The van der Waals surface area contributed by atoms with E-state index in [1.54, 1.807) is 6.92 Å². The van der Waals surface area contributed by atoms with Crippen LogP contribution in [0.15, 0.2) is 27.7 Å². The van der Waals surface area contributed by atoms with Crippen LogP contribution in [0.5, 0.6) is 0 Å². The van der Waals surface area contributed by atoms with E-state index in [0.29, 0.717) is 16.5 Å². The number of aromatic carboxylic acids is 1. The third-order valence-electron chi connectivity index (χ3n) is 2.35. The van der Waals surface area contributed by atoms with Gasteiger partial charge in [-0.25, -0.2) is 14.6 Å².